The summed E-state index contributed by atoms with van der Waals surface area (Å²) in [6.45, 7) is 0. The summed E-state index contributed by atoms with van der Waals surface area (Å²) in [7, 11) is 1.48. The lowest BCUT2D eigenvalue weighted by Gasteiger charge is -2.18. The first-order valence-corrected chi connectivity index (χ1v) is 9.68. The molecule has 0 fully saturated rings. The Bertz CT molecular complexity index is 1150. The van der Waals surface area contributed by atoms with Gasteiger partial charge < -0.3 is 0 Å². The van der Waals surface area contributed by atoms with E-state index >= 15 is 0 Å². The van der Waals surface area contributed by atoms with E-state index in [0.717, 1.165) is 16.3 Å². The van der Waals surface area contributed by atoms with Crippen molar-refractivity contribution >= 4 is 23.4 Å². The normalized spacial score (nSPS) is 13.5. The van der Waals surface area contributed by atoms with Crippen molar-refractivity contribution in [1.29, 1.82) is 0 Å². The zero-order valence-corrected chi connectivity index (χ0v) is 16.8. The Labute approximate surface area is 178 Å². The quantitative estimate of drug-likeness (QED) is 0.633. The Morgan fingerprint density at radius 2 is 1.55 bits per heavy atom. The first-order chi connectivity index (χ1) is 15.0. The van der Waals surface area contributed by atoms with Gasteiger partial charge in [-0.05, 0) is 12.1 Å². The minimum Gasteiger partial charge on any atom is -0.273 e. The highest BCUT2D eigenvalue weighted by Gasteiger charge is 2.23. The molecule has 3 aromatic rings. The highest BCUT2D eigenvalue weighted by atomic mass is 16.2. The lowest BCUT2D eigenvalue weighted by Crippen LogP contribution is -2.46. The lowest BCUT2D eigenvalue weighted by molar-refractivity contribution is -0.130. The van der Waals surface area contributed by atoms with Crippen molar-refractivity contribution in [3.8, 4) is 16.9 Å². The third-order valence-corrected chi connectivity index (χ3v) is 4.79. The monoisotopic (exact) mass is 416 g/mol. The van der Waals surface area contributed by atoms with Crippen molar-refractivity contribution in [1.82, 2.24) is 25.6 Å². The van der Waals surface area contributed by atoms with Crippen molar-refractivity contribution in [2.75, 3.05) is 7.05 Å². The minimum absolute atomic E-state index is 0.165. The largest absolute Gasteiger partial charge is 0.285 e. The number of hydrazone groups is 1. The number of rotatable bonds is 4. The van der Waals surface area contributed by atoms with Gasteiger partial charge in [0.15, 0.2) is 0 Å². The van der Waals surface area contributed by atoms with E-state index in [0.29, 0.717) is 11.3 Å². The zero-order valence-electron chi connectivity index (χ0n) is 16.8. The molecular weight excluding hydrogens is 396 g/mol. The summed E-state index contributed by atoms with van der Waals surface area (Å²) in [4.78, 5) is 36.8. The molecule has 156 valence electrons. The number of para-hydroxylation sites is 1. The SMILES string of the molecule is CN1N=C(C(=O)NNC(=O)c2cn(-c3ccccc3)nc2-c2ccccc2)CCC1=O. The van der Waals surface area contributed by atoms with Crippen LogP contribution in [0.25, 0.3) is 16.9 Å². The zero-order chi connectivity index (χ0) is 21.8. The number of nitrogens with zero attached hydrogens (tertiary/aromatic N) is 4. The van der Waals surface area contributed by atoms with Crippen LogP contribution in [0.1, 0.15) is 23.2 Å². The Hall–Kier alpha value is -4.27. The third-order valence-electron chi connectivity index (χ3n) is 4.79. The standard InChI is InChI=1S/C22H20N6O3/c1-27-19(29)13-12-18(25-27)22(31)24-23-21(30)17-14-28(16-10-6-3-7-11-16)26-20(17)15-8-4-2-5-9-15/h2-11,14H,12-13H2,1H3,(H,23,30)(H,24,31). The Morgan fingerprint density at radius 3 is 2.23 bits per heavy atom. The number of hydrazine groups is 1. The lowest BCUT2D eigenvalue weighted by atomic mass is 10.1. The topological polar surface area (TPSA) is 109 Å². The maximum absolute atomic E-state index is 12.9. The van der Waals surface area contributed by atoms with Crippen molar-refractivity contribution in [3.05, 3.63) is 72.4 Å². The third kappa shape index (κ3) is 4.35. The van der Waals surface area contributed by atoms with Crippen molar-refractivity contribution < 1.29 is 14.4 Å². The van der Waals surface area contributed by atoms with E-state index in [2.05, 4.69) is 21.1 Å². The predicted molar refractivity (Wildman–Crippen MR) is 114 cm³/mol. The van der Waals surface area contributed by atoms with Crippen LogP contribution in [0, 0.1) is 0 Å². The first kappa shape index (κ1) is 20.0. The maximum atomic E-state index is 12.9. The first-order valence-electron chi connectivity index (χ1n) is 9.68. The molecule has 0 aliphatic carbocycles. The number of benzene rings is 2. The second kappa shape index (κ2) is 8.62. The number of hydrogen-bond donors (Lipinski definition) is 2. The molecule has 0 spiro atoms. The molecule has 0 unspecified atom stereocenters. The minimum atomic E-state index is -0.565. The Morgan fingerprint density at radius 1 is 0.903 bits per heavy atom. The summed E-state index contributed by atoms with van der Waals surface area (Å²) >= 11 is 0. The molecule has 0 saturated heterocycles. The molecule has 1 aliphatic rings. The fourth-order valence-electron chi connectivity index (χ4n) is 3.15. The van der Waals surface area contributed by atoms with Crippen LogP contribution >= 0.6 is 0 Å². The smallest absolute Gasteiger partial charge is 0.273 e. The molecule has 2 heterocycles. The summed E-state index contributed by atoms with van der Waals surface area (Å²) < 4.78 is 1.62. The highest BCUT2D eigenvalue weighted by Crippen LogP contribution is 2.23. The van der Waals surface area contributed by atoms with Gasteiger partial charge in [0, 0.05) is 31.6 Å². The van der Waals surface area contributed by atoms with Gasteiger partial charge in [-0.15, -0.1) is 0 Å². The average Bonchev–Trinajstić information content (AvgIpc) is 3.26. The van der Waals surface area contributed by atoms with Crippen LogP contribution < -0.4 is 10.9 Å². The van der Waals surface area contributed by atoms with E-state index in [4.69, 9.17) is 0 Å². The molecule has 1 aliphatic heterocycles. The summed E-state index contributed by atoms with van der Waals surface area (Å²) in [5.74, 6) is -1.25. The van der Waals surface area contributed by atoms with Gasteiger partial charge in [0.05, 0.1) is 11.3 Å². The highest BCUT2D eigenvalue weighted by molar-refractivity contribution is 6.39. The molecule has 0 radical (unpaired) electrons. The fraction of sp³-hybridized carbons (Fsp3) is 0.136. The van der Waals surface area contributed by atoms with Gasteiger partial charge in [-0.25, -0.2) is 9.69 Å². The van der Waals surface area contributed by atoms with E-state index in [-0.39, 0.29) is 24.5 Å². The van der Waals surface area contributed by atoms with E-state index in [1.165, 1.54) is 7.05 Å². The number of carbonyl (C=O) groups is 3. The van der Waals surface area contributed by atoms with Gasteiger partial charge >= 0.3 is 0 Å². The van der Waals surface area contributed by atoms with Crippen LogP contribution in [0.3, 0.4) is 0 Å². The molecule has 0 bridgehead atoms. The molecule has 31 heavy (non-hydrogen) atoms. The van der Waals surface area contributed by atoms with E-state index < -0.39 is 11.8 Å². The van der Waals surface area contributed by atoms with Crippen molar-refractivity contribution in [3.63, 3.8) is 0 Å². The number of carbonyl (C=O) groups excluding carboxylic acids is 3. The van der Waals surface area contributed by atoms with Gasteiger partial charge in [0.1, 0.15) is 11.4 Å². The average molecular weight is 416 g/mol. The second-order valence-corrected chi connectivity index (χ2v) is 6.91. The van der Waals surface area contributed by atoms with Crippen LogP contribution in [0.4, 0.5) is 0 Å². The van der Waals surface area contributed by atoms with Gasteiger partial charge in [0.2, 0.25) is 5.91 Å². The van der Waals surface area contributed by atoms with Gasteiger partial charge in [-0.2, -0.15) is 10.2 Å². The van der Waals surface area contributed by atoms with E-state index in [1.54, 1.807) is 10.9 Å². The molecule has 3 amide bonds. The molecular formula is C22H20N6O3. The van der Waals surface area contributed by atoms with Crippen molar-refractivity contribution in [2.45, 2.75) is 12.8 Å². The second-order valence-electron chi connectivity index (χ2n) is 6.91. The van der Waals surface area contributed by atoms with Crippen LogP contribution in [-0.2, 0) is 9.59 Å². The van der Waals surface area contributed by atoms with Crippen molar-refractivity contribution in [2.24, 2.45) is 5.10 Å². The summed E-state index contributed by atoms with van der Waals surface area (Å²) in [5.41, 5.74) is 7.31. The summed E-state index contributed by atoms with van der Waals surface area (Å²) in [6, 6.07) is 18.7. The van der Waals surface area contributed by atoms with Gasteiger partial charge in [0.25, 0.3) is 11.8 Å². The molecule has 0 atom stereocenters. The number of hydrogen-bond acceptors (Lipinski definition) is 5. The fourth-order valence-corrected chi connectivity index (χ4v) is 3.15. The maximum Gasteiger partial charge on any atom is 0.285 e. The molecule has 9 heteroatoms. The van der Waals surface area contributed by atoms with E-state index in [1.807, 2.05) is 60.7 Å². The van der Waals surface area contributed by atoms with Crippen LogP contribution in [0.5, 0.6) is 0 Å². The predicted octanol–water partition coefficient (Wildman–Crippen LogP) is 1.91. The van der Waals surface area contributed by atoms with E-state index in [9.17, 15) is 14.4 Å². The number of amides is 3. The molecule has 1 aromatic heterocycles. The number of nitrogens with one attached hydrogen (secondary N) is 2. The Balaban J connectivity index is 1.57. The molecule has 0 saturated carbocycles. The summed E-state index contributed by atoms with van der Waals surface area (Å²) in [6.07, 6.45) is 2.02. The molecule has 2 aromatic carbocycles. The van der Waals surface area contributed by atoms with Crippen LogP contribution in [-0.4, -0.2) is 45.3 Å². The van der Waals surface area contributed by atoms with Crippen LogP contribution in [0.2, 0.25) is 0 Å². The van der Waals surface area contributed by atoms with Gasteiger partial charge in [-0.1, -0.05) is 48.5 Å². The molecule has 4 rings (SSSR count). The van der Waals surface area contributed by atoms with Gasteiger partial charge in [-0.3, -0.25) is 25.2 Å². The van der Waals surface area contributed by atoms with Crippen LogP contribution in [0.15, 0.2) is 72.0 Å². The summed E-state index contributed by atoms with van der Waals surface area (Å²) in [5, 5.41) is 9.65. The molecule has 9 nitrogen and oxygen atoms in total. The number of aromatic nitrogens is 2. The Kier molecular flexibility index (Phi) is 5.57. The molecule has 2 N–H and O–H groups in total.